The molecule has 0 radical (unpaired) electrons. The minimum absolute atomic E-state index is 0.0933. The average molecular weight is 403 g/mol. The second kappa shape index (κ2) is 11.5. The predicted octanol–water partition coefficient (Wildman–Crippen LogP) is 4.65. The molecule has 1 heterocycles. The Bertz CT molecular complexity index is 784. The molecule has 1 amide bonds. The van der Waals surface area contributed by atoms with Crippen LogP contribution in [-0.4, -0.2) is 31.2 Å². The SMILES string of the molecule is COc1cc(/C=C/C(=O)NCCCCc2nc(C)cs2)ccc1OCC(C)C. The van der Waals surface area contributed by atoms with Crippen LogP contribution in [0.3, 0.4) is 0 Å². The Morgan fingerprint density at radius 2 is 2.11 bits per heavy atom. The van der Waals surface area contributed by atoms with Crippen LogP contribution in [0.15, 0.2) is 29.7 Å². The molecule has 0 aliphatic carbocycles. The second-order valence-corrected chi connectivity index (χ2v) is 8.02. The number of aromatic nitrogens is 1. The van der Waals surface area contributed by atoms with Gasteiger partial charge in [0, 0.05) is 23.7 Å². The van der Waals surface area contributed by atoms with Crippen molar-refractivity contribution in [2.45, 2.75) is 40.0 Å². The van der Waals surface area contributed by atoms with E-state index in [1.807, 2.05) is 25.1 Å². The normalized spacial score (nSPS) is 11.2. The number of carbonyl (C=O) groups excluding carboxylic acids is 1. The van der Waals surface area contributed by atoms with Crippen molar-refractivity contribution in [1.82, 2.24) is 10.3 Å². The van der Waals surface area contributed by atoms with Gasteiger partial charge in [0.05, 0.1) is 18.7 Å². The molecule has 1 aromatic heterocycles. The highest BCUT2D eigenvalue weighted by molar-refractivity contribution is 7.09. The van der Waals surface area contributed by atoms with Crippen LogP contribution >= 0.6 is 11.3 Å². The molecule has 0 atom stereocenters. The molecule has 0 fully saturated rings. The van der Waals surface area contributed by atoms with Gasteiger partial charge < -0.3 is 14.8 Å². The highest BCUT2D eigenvalue weighted by Crippen LogP contribution is 2.29. The molecule has 6 heteroatoms. The molecular weight excluding hydrogens is 372 g/mol. The van der Waals surface area contributed by atoms with E-state index < -0.39 is 0 Å². The van der Waals surface area contributed by atoms with Gasteiger partial charge in [-0.2, -0.15) is 0 Å². The molecule has 1 N–H and O–H groups in total. The number of amides is 1. The third-order valence-electron chi connectivity index (χ3n) is 3.97. The number of nitrogens with one attached hydrogen (secondary N) is 1. The van der Waals surface area contributed by atoms with Crippen molar-refractivity contribution in [2.24, 2.45) is 5.92 Å². The van der Waals surface area contributed by atoms with Gasteiger partial charge in [-0.3, -0.25) is 4.79 Å². The first kappa shape index (κ1) is 22.0. The first-order valence-corrected chi connectivity index (χ1v) is 10.5. The van der Waals surface area contributed by atoms with Crippen molar-refractivity contribution in [3.63, 3.8) is 0 Å². The van der Waals surface area contributed by atoms with E-state index in [0.29, 0.717) is 30.6 Å². The fourth-order valence-electron chi connectivity index (χ4n) is 2.52. The van der Waals surface area contributed by atoms with E-state index in [-0.39, 0.29) is 5.91 Å². The standard InChI is InChI=1S/C22H30N2O3S/c1-16(2)14-27-19-10-8-18(13-20(19)26-4)9-11-21(25)23-12-6-5-7-22-24-17(3)15-28-22/h8-11,13,15-16H,5-7,12,14H2,1-4H3,(H,23,25)/b11-9+. The quantitative estimate of drug-likeness (QED) is 0.439. The molecular formula is C22H30N2O3S. The molecule has 5 nitrogen and oxygen atoms in total. The van der Waals surface area contributed by atoms with Crippen LogP contribution in [0.5, 0.6) is 11.5 Å². The van der Waals surface area contributed by atoms with Crippen LogP contribution in [0.2, 0.25) is 0 Å². The summed E-state index contributed by atoms with van der Waals surface area (Å²) in [5.41, 5.74) is 1.97. The highest BCUT2D eigenvalue weighted by atomic mass is 32.1. The Hall–Kier alpha value is -2.34. The summed E-state index contributed by atoms with van der Waals surface area (Å²) in [4.78, 5) is 16.4. The van der Waals surface area contributed by atoms with Crippen LogP contribution in [0.25, 0.3) is 6.08 Å². The first-order valence-electron chi connectivity index (χ1n) is 9.65. The van der Waals surface area contributed by atoms with Gasteiger partial charge in [-0.25, -0.2) is 4.98 Å². The van der Waals surface area contributed by atoms with E-state index >= 15 is 0 Å². The van der Waals surface area contributed by atoms with Crippen molar-refractivity contribution in [1.29, 1.82) is 0 Å². The third kappa shape index (κ3) is 7.72. The maximum absolute atomic E-state index is 12.0. The zero-order valence-electron chi connectivity index (χ0n) is 17.2. The summed E-state index contributed by atoms with van der Waals surface area (Å²) in [6, 6.07) is 5.66. The van der Waals surface area contributed by atoms with Crippen LogP contribution in [0, 0.1) is 12.8 Å². The Morgan fingerprint density at radius 3 is 2.79 bits per heavy atom. The summed E-state index contributed by atoms with van der Waals surface area (Å²) in [6.45, 7) is 7.51. The number of methoxy groups -OCH3 is 1. The zero-order valence-corrected chi connectivity index (χ0v) is 18.0. The van der Waals surface area contributed by atoms with E-state index in [1.165, 1.54) is 5.01 Å². The molecule has 0 saturated carbocycles. The number of benzene rings is 1. The van der Waals surface area contributed by atoms with Crippen LogP contribution < -0.4 is 14.8 Å². The van der Waals surface area contributed by atoms with E-state index in [0.717, 1.165) is 30.5 Å². The van der Waals surface area contributed by atoms with Crippen molar-refractivity contribution in [3.8, 4) is 11.5 Å². The van der Waals surface area contributed by atoms with Gasteiger partial charge in [0.2, 0.25) is 5.91 Å². The molecule has 0 bridgehead atoms. The molecule has 0 unspecified atom stereocenters. The molecule has 2 aromatic rings. The lowest BCUT2D eigenvalue weighted by molar-refractivity contribution is -0.116. The number of hydrogen-bond donors (Lipinski definition) is 1. The number of carbonyl (C=O) groups is 1. The van der Waals surface area contributed by atoms with Crippen molar-refractivity contribution >= 4 is 23.3 Å². The summed E-state index contributed by atoms with van der Waals surface area (Å²) in [7, 11) is 1.62. The molecule has 0 saturated heterocycles. The smallest absolute Gasteiger partial charge is 0.243 e. The number of thiazole rings is 1. The number of aryl methyl sites for hydroxylation is 2. The van der Waals surface area contributed by atoms with Crippen molar-refractivity contribution in [3.05, 3.63) is 45.9 Å². The van der Waals surface area contributed by atoms with Gasteiger partial charge in [0.1, 0.15) is 0 Å². The zero-order chi connectivity index (χ0) is 20.4. The molecule has 0 aliphatic rings. The van der Waals surface area contributed by atoms with Crippen LogP contribution in [-0.2, 0) is 11.2 Å². The maximum atomic E-state index is 12.0. The van der Waals surface area contributed by atoms with Gasteiger partial charge in [0.25, 0.3) is 0 Å². The topological polar surface area (TPSA) is 60.5 Å². The monoisotopic (exact) mass is 402 g/mol. The lowest BCUT2D eigenvalue weighted by Gasteiger charge is -2.12. The lowest BCUT2D eigenvalue weighted by Crippen LogP contribution is -2.22. The summed E-state index contributed by atoms with van der Waals surface area (Å²) in [5.74, 6) is 1.73. The minimum Gasteiger partial charge on any atom is -0.493 e. The fourth-order valence-corrected chi connectivity index (χ4v) is 3.34. The number of nitrogens with zero attached hydrogens (tertiary/aromatic N) is 1. The van der Waals surface area contributed by atoms with Gasteiger partial charge in [-0.1, -0.05) is 19.9 Å². The fraction of sp³-hybridized carbons (Fsp3) is 0.455. The van der Waals surface area contributed by atoms with Crippen molar-refractivity contribution in [2.75, 3.05) is 20.3 Å². The Morgan fingerprint density at radius 1 is 1.29 bits per heavy atom. The summed E-state index contributed by atoms with van der Waals surface area (Å²) < 4.78 is 11.1. The predicted molar refractivity (Wildman–Crippen MR) is 115 cm³/mol. The van der Waals surface area contributed by atoms with E-state index in [9.17, 15) is 4.79 Å². The van der Waals surface area contributed by atoms with E-state index in [2.05, 4.69) is 29.5 Å². The molecule has 152 valence electrons. The Kier molecular flexibility index (Phi) is 9.01. The van der Waals surface area contributed by atoms with Crippen LogP contribution in [0.1, 0.15) is 43.0 Å². The summed E-state index contributed by atoms with van der Waals surface area (Å²) in [5, 5.41) is 6.15. The summed E-state index contributed by atoms with van der Waals surface area (Å²) in [6.07, 6.45) is 6.26. The minimum atomic E-state index is -0.0933. The summed E-state index contributed by atoms with van der Waals surface area (Å²) >= 11 is 1.70. The highest BCUT2D eigenvalue weighted by Gasteiger charge is 2.06. The maximum Gasteiger partial charge on any atom is 0.243 e. The Labute approximate surface area is 171 Å². The molecule has 1 aromatic carbocycles. The largest absolute Gasteiger partial charge is 0.493 e. The average Bonchev–Trinajstić information content (AvgIpc) is 3.09. The molecule has 0 aliphatic heterocycles. The van der Waals surface area contributed by atoms with Crippen molar-refractivity contribution < 1.29 is 14.3 Å². The van der Waals surface area contributed by atoms with Crippen LogP contribution in [0.4, 0.5) is 0 Å². The first-order chi connectivity index (χ1) is 13.5. The molecule has 28 heavy (non-hydrogen) atoms. The number of ether oxygens (including phenoxy) is 2. The Balaban J connectivity index is 1.74. The number of hydrogen-bond acceptors (Lipinski definition) is 5. The third-order valence-corrected chi connectivity index (χ3v) is 5.00. The van der Waals surface area contributed by atoms with E-state index in [1.54, 1.807) is 30.6 Å². The molecule has 2 rings (SSSR count). The van der Waals surface area contributed by atoms with E-state index in [4.69, 9.17) is 9.47 Å². The van der Waals surface area contributed by atoms with Gasteiger partial charge >= 0.3 is 0 Å². The number of rotatable bonds is 11. The molecule has 0 spiro atoms. The number of unbranched alkanes of at least 4 members (excludes halogenated alkanes) is 1. The van der Waals surface area contributed by atoms with Gasteiger partial charge in [-0.05, 0) is 55.9 Å². The lowest BCUT2D eigenvalue weighted by atomic mass is 10.2. The van der Waals surface area contributed by atoms with Gasteiger partial charge in [-0.15, -0.1) is 11.3 Å². The van der Waals surface area contributed by atoms with Gasteiger partial charge in [0.15, 0.2) is 11.5 Å². The second-order valence-electron chi connectivity index (χ2n) is 7.08.